The first-order valence-electron chi connectivity index (χ1n) is 7.40. The second-order valence-electron chi connectivity index (χ2n) is 4.83. The summed E-state index contributed by atoms with van der Waals surface area (Å²) in [7, 11) is 3.38. The fourth-order valence-corrected chi connectivity index (χ4v) is 1.42. The first-order chi connectivity index (χ1) is 10.1. The largest absolute Gasteiger partial charge is 0.382 e. The van der Waals surface area contributed by atoms with Crippen molar-refractivity contribution in [1.82, 2.24) is 16.0 Å². The summed E-state index contributed by atoms with van der Waals surface area (Å²) in [5, 5.41) is 9.17. The number of carbonyl (C=O) groups excluding carboxylic acids is 1. The first-order valence-corrected chi connectivity index (χ1v) is 7.40. The highest BCUT2D eigenvalue weighted by atomic mass is 127. The molecule has 0 bridgehead atoms. The van der Waals surface area contributed by atoms with Crippen molar-refractivity contribution in [3.63, 3.8) is 0 Å². The number of nitrogens with zero attached hydrogens (tertiary/aromatic N) is 1. The van der Waals surface area contributed by atoms with Crippen molar-refractivity contribution in [3.8, 4) is 0 Å². The van der Waals surface area contributed by atoms with E-state index in [2.05, 4.69) is 20.9 Å². The summed E-state index contributed by atoms with van der Waals surface area (Å²) in [4.78, 5) is 15.5. The lowest BCUT2D eigenvalue weighted by atomic mass is 10.2. The highest BCUT2D eigenvalue weighted by Gasteiger charge is 2.04. The van der Waals surface area contributed by atoms with Crippen LogP contribution in [0, 0.1) is 5.92 Å². The van der Waals surface area contributed by atoms with E-state index in [-0.39, 0.29) is 35.8 Å². The quantitative estimate of drug-likeness (QED) is 0.194. The lowest BCUT2D eigenvalue weighted by Crippen LogP contribution is -2.42. The fourth-order valence-electron chi connectivity index (χ4n) is 1.42. The molecule has 0 aromatic rings. The number of hydrogen-bond donors (Lipinski definition) is 3. The molecule has 0 atom stereocenters. The predicted octanol–water partition coefficient (Wildman–Crippen LogP) is 0.595. The lowest BCUT2D eigenvalue weighted by molar-refractivity contribution is -0.123. The molecule has 0 aliphatic rings. The van der Waals surface area contributed by atoms with Crippen LogP contribution in [0.1, 0.15) is 20.3 Å². The SMILES string of the molecule is CN=C(NCCCOCCOC)NCCNC(=O)C(C)C.I. The maximum atomic E-state index is 11.4. The number of halogens is 1. The van der Waals surface area contributed by atoms with Gasteiger partial charge in [-0.1, -0.05) is 13.8 Å². The molecule has 0 aromatic carbocycles. The number of ether oxygens (including phenoxy) is 2. The normalized spacial score (nSPS) is 11.0. The summed E-state index contributed by atoms with van der Waals surface area (Å²) in [5.41, 5.74) is 0. The molecular weight excluding hydrogens is 399 g/mol. The Kier molecular flexibility index (Phi) is 18.0. The van der Waals surface area contributed by atoms with E-state index in [1.54, 1.807) is 14.2 Å². The number of carbonyl (C=O) groups is 1. The fraction of sp³-hybridized carbons (Fsp3) is 0.857. The summed E-state index contributed by atoms with van der Waals surface area (Å²) < 4.78 is 10.3. The third-order valence-corrected chi connectivity index (χ3v) is 2.65. The van der Waals surface area contributed by atoms with Gasteiger partial charge in [0.05, 0.1) is 13.2 Å². The topological polar surface area (TPSA) is 84.0 Å². The van der Waals surface area contributed by atoms with Crippen LogP contribution in [0.2, 0.25) is 0 Å². The number of rotatable bonds is 11. The highest BCUT2D eigenvalue weighted by molar-refractivity contribution is 14.0. The Morgan fingerprint density at radius 1 is 1.05 bits per heavy atom. The van der Waals surface area contributed by atoms with E-state index in [9.17, 15) is 4.79 Å². The Morgan fingerprint density at radius 3 is 2.27 bits per heavy atom. The third-order valence-electron chi connectivity index (χ3n) is 2.65. The molecule has 0 aliphatic heterocycles. The Morgan fingerprint density at radius 2 is 1.68 bits per heavy atom. The number of nitrogens with one attached hydrogen (secondary N) is 3. The number of hydrogen-bond acceptors (Lipinski definition) is 4. The summed E-state index contributed by atoms with van der Waals surface area (Å²) >= 11 is 0. The number of aliphatic imine (C=N–C) groups is 1. The maximum absolute atomic E-state index is 11.4. The molecular formula is C14H31IN4O3. The van der Waals surface area contributed by atoms with Crippen molar-refractivity contribution >= 4 is 35.8 Å². The average molecular weight is 430 g/mol. The van der Waals surface area contributed by atoms with Gasteiger partial charge < -0.3 is 25.4 Å². The maximum Gasteiger partial charge on any atom is 0.222 e. The smallest absolute Gasteiger partial charge is 0.222 e. The lowest BCUT2D eigenvalue weighted by Gasteiger charge is -2.13. The standard InChI is InChI=1S/C14H30N4O3.HI/c1-12(2)13(19)16-7-8-18-14(15-3)17-6-5-9-21-11-10-20-4;/h12H,5-11H2,1-4H3,(H,16,19)(H2,15,17,18);1H. The summed E-state index contributed by atoms with van der Waals surface area (Å²) in [6, 6.07) is 0. The molecule has 0 aliphatic carbocycles. The average Bonchev–Trinajstić information content (AvgIpc) is 2.47. The molecule has 0 saturated carbocycles. The Hall–Kier alpha value is -0.610. The van der Waals surface area contributed by atoms with E-state index >= 15 is 0 Å². The zero-order valence-corrected chi connectivity index (χ0v) is 16.4. The van der Waals surface area contributed by atoms with Gasteiger partial charge >= 0.3 is 0 Å². The predicted molar refractivity (Wildman–Crippen MR) is 99.9 cm³/mol. The molecule has 7 nitrogen and oxygen atoms in total. The van der Waals surface area contributed by atoms with Gasteiger partial charge in [0.25, 0.3) is 0 Å². The molecule has 132 valence electrons. The van der Waals surface area contributed by atoms with Crippen LogP contribution >= 0.6 is 24.0 Å². The van der Waals surface area contributed by atoms with Crippen LogP contribution in [0.3, 0.4) is 0 Å². The molecule has 0 rings (SSSR count). The van der Waals surface area contributed by atoms with Crippen LogP contribution < -0.4 is 16.0 Å². The van der Waals surface area contributed by atoms with E-state index in [0.29, 0.717) is 32.9 Å². The molecule has 22 heavy (non-hydrogen) atoms. The highest BCUT2D eigenvalue weighted by Crippen LogP contribution is 1.88. The van der Waals surface area contributed by atoms with E-state index in [0.717, 1.165) is 18.9 Å². The summed E-state index contributed by atoms with van der Waals surface area (Å²) in [6.45, 7) is 7.69. The van der Waals surface area contributed by atoms with E-state index in [4.69, 9.17) is 9.47 Å². The minimum absolute atomic E-state index is 0. The number of guanidine groups is 1. The van der Waals surface area contributed by atoms with Crippen molar-refractivity contribution in [1.29, 1.82) is 0 Å². The molecule has 3 N–H and O–H groups in total. The third kappa shape index (κ3) is 14.3. The molecule has 0 heterocycles. The van der Waals surface area contributed by atoms with Gasteiger partial charge in [0.1, 0.15) is 0 Å². The van der Waals surface area contributed by atoms with Gasteiger partial charge in [-0.05, 0) is 6.42 Å². The minimum atomic E-state index is 0. The van der Waals surface area contributed by atoms with Crippen molar-refractivity contribution in [3.05, 3.63) is 0 Å². The van der Waals surface area contributed by atoms with E-state index in [1.165, 1.54) is 0 Å². The van der Waals surface area contributed by atoms with Gasteiger partial charge in [-0.2, -0.15) is 0 Å². The second kappa shape index (κ2) is 16.8. The van der Waals surface area contributed by atoms with Crippen LogP contribution in [0.5, 0.6) is 0 Å². The van der Waals surface area contributed by atoms with Gasteiger partial charge in [-0.25, -0.2) is 0 Å². The van der Waals surface area contributed by atoms with E-state index < -0.39 is 0 Å². The molecule has 1 amide bonds. The number of amides is 1. The van der Waals surface area contributed by atoms with Crippen molar-refractivity contribution in [2.75, 3.05) is 53.6 Å². The zero-order chi connectivity index (χ0) is 15.9. The van der Waals surface area contributed by atoms with Crippen molar-refractivity contribution in [2.45, 2.75) is 20.3 Å². The molecule has 0 fully saturated rings. The monoisotopic (exact) mass is 430 g/mol. The molecule has 0 unspecified atom stereocenters. The molecule has 8 heteroatoms. The van der Waals surface area contributed by atoms with Crippen LogP contribution in [0.4, 0.5) is 0 Å². The molecule has 0 aromatic heterocycles. The van der Waals surface area contributed by atoms with Crippen LogP contribution in [-0.4, -0.2) is 65.5 Å². The first kappa shape index (κ1) is 23.7. The van der Waals surface area contributed by atoms with Gasteiger partial charge in [-0.15, -0.1) is 24.0 Å². The summed E-state index contributed by atoms with van der Waals surface area (Å²) in [5.74, 6) is 0.805. The number of methoxy groups -OCH3 is 1. The second-order valence-corrected chi connectivity index (χ2v) is 4.83. The molecule has 0 saturated heterocycles. The van der Waals surface area contributed by atoms with Gasteiger partial charge in [-0.3, -0.25) is 9.79 Å². The van der Waals surface area contributed by atoms with Gasteiger partial charge in [0.15, 0.2) is 5.96 Å². The molecule has 0 spiro atoms. The van der Waals surface area contributed by atoms with E-state index in [1.807, 2.05) is 13.8 Å². The summed E-state index contributed by atoms with van der Waals surface area (Å²) in [6.07, 6.45) is 0.897. The Bertz CT molecular complexity index is 302. The van der Waals surface area contributed by atoms with Crippen molar-refractivity contribution < 1.29 is 14.3 Å². The van der Waals surface area contributed by atoms with Crippen LogP contribution in [0.15, 0.2) is 4.99 Å². The minimum Gasteiger partial charge on any atom is -0.382 e. The Labute approximate surface area is 151 Å². The molecule has 0 radical (unpaired) electrons. The van der Waals surface area contributed by atoms with Crippen LogP contribution in [-0.2, 0) is 14.3 Å². The van der Waals surface area contributed by atoms with Crippen LogP contribution in [0.25, 0.3) is 0 Å². The van der Waals surface area contributed by atoms with Crippen molar-refractivity contribution in [2.24, 2.45) is 10.9 Å². The van der Waals surface area contributed by atoms with Gasteiger partial charge in [0.2, 0.25) is 5.91 Å². The Balaban J connectivity index is 0. The van der Waals surface area contributed by atoms with Gasteiger partial charge in [0, 0.05) is 46.3 Å². The zero-order valence-electron chi connectivity index (χ0n) is 14.1.